The summed E-state index contributed by atoms with van der Waals surface area (Å²) >= 11 is 0. The van der Waals surface area contributed by atoms with Crippen LogP contribution in [0.4, 0.5) is 4.79 Å². The molecule has 6 heteroatoms. The molecule has 0 unspecified atom stereocenters. The quantitative estimate of drug-likeness (QED) is 0.486. The van der Waals surface area contributed by atoms with Gasteiger partial charge in [-0.25, -0.2) is 4.79 Å². The second kappa shape index (κ2) is 9.77. The van der Waals surface area contributed by atoms with Crippen molar-refractivity contribution in [3.63, 3.8) is 0 Å². The molecule has 2 N–H and O–H groups in total. The normalized spacial score (nSPS) is 12.8. The lowest BCUT2D eigenvalue weighted by molar-refractivity contribution is 0.0266. The monoisotopic (exact) mass is 275 g/mol. The molecule has 0 aliphatic heterocycles. The van der Waals surface area contributed by atoms with Gasteiger partial charge in [0.2, 0.25) is 0 Å². The Morgan fingerprint density at radius 2 is 2.00 bits per heavy atom. The van der Waals surface area contributed by atoms with Crippen molar-refractivity contribution in [2.45, 2.75) is 32.4 Å². The van der Waals surface area contributed by atoms with E-state index in [0.717, 1.165) is 0 Å². The number of nitrogens with one attached hydrogen (secondary N) is 1. The van der Waals surface area contributed by atoms with Gasteiger partial charge in [0.1, 0.15) is 5.60 Å². The number of carbonyl (C=O) groups is 1. The van der Waals surface area contributed by atoms with Crippen molar-refractivity contribution in [2.24, 2.45) is 0 Å². The Labute approximate surface area is 114 Å². The van der Waals surface area contributed by atoms with Gasteiger partial charge in [-0.3, -0.25) is 0 Å². The second-order valence-corrected chi connectivity index (χ2v) is 4.97. The van der Waals surface area contributed by atoms with Crippen molar-refractivity contribution in [3.05, 3.63) is 12.7 Å². The number of carbonyl (C=O) groups excluding carboxylic acids is 1. The first kappa shape index (κ1) is 17.9. The van der Waals surface area contributed by atoms with Crippen LogP contribution < -0.4 is 5.32 Å². The molecule has 0 saturated heterocycles. The van der Waals surface area contributed by atoms with Gasteiger partial charge in [-0.1, -0.05) is 6.08 Å². The smallest absolute Gasteiger partial charge is 0.408 e. The maximum Gasteiger partial charge on any atom is 0.408 e. The second-order valence-electron chi connectivity index (χ2n) is 4.97. The first-order chi connectivity index (χ1) is 8.89. The number of hydrogen-bond donors (Lipinski definition) is 2. The molecular weight excluding hydrogens is 250 g/mol. The lowest BCUT2D eigenvalue weighted by Crippen LogP contribution is -2.44. The van der Waals surface area contributed by atoms with E-state index in [4.69, 9.17) is 19.3 Å². The minimum absolute atomic E-state index is 0.0628. The summed E-state index contributed by atoms with van der Waals surface area (Å²) in [6, 6.07) is -0.332. The zero-order valence-corrected chi connectivity index (χ0v) is 12.0. The van der Waals surface area contributed by atoms with E-state index in [2.05, 4.69) is 11.9 Å². The van der Waals surface area contributed by atoms with Crippen molar-refractivity contribution in [1.82, 2.24) is 5.32 Å². The minimum Gasteiger partial charge on any atom is -0.444 e. The molecule has 1 atom stereocenters. The van der Waals surface area contributed by atoms with Gasteiger partial charge < -0.3 is 24.6 Å². The molecule has 0 radical (unpaired) electrons. The van der Waals surface area contributed by atoms with E-state index in [0.29, 0.717) is 6.61 Å². The van der Waals surface area contributed by atoms with E-state index >= 15 is 0 Å². The Balaban J connectivity index is 4.14. The van der Waals surface area contributed by atoms with E-state index in [1.165, 1.54) is 0 Å². The molecule has 0 spiro atoms. The molecule has 0 heterocycles. The number of ether oxygens (including phenoxy) is 3. The minimum atomic E-state index is -0.553. The Bertz CT molecular complexity index is 262. The lowest BCUT2D eigenvalue weighted by Gasteiger charge is -2.23. The average molecular weight is 275 g/mol. The van der Waals surface area contributed by atoms with Gasteiger partial charge in [-0.05, 0) is 20.8 Å². The van der Waals surface area contributed by atoms with Crippen LogP contribution in [0.5, 0.6) is 0 Å². The fourth-order valence-electron chi connectivity index (χ4n) is 1.19. The highest BCUT2D eigenvalue weighted by Crippen LogP contribution is 2.06. The molecular formula is C13H25NO5. The maximum atomic E-state index is 11.6. The maximum absolute atomic E-state index is 11.6. The number of rotatable bonds is 9. The number of amides is 1. The van der Waals surface area contributed by atoms with Gasteiger partial charge >= 0.3 is 6.09 Å². The number of alkyl carbamates (subject to hydrolysis) is 1. The summed E-state index contributed by atoms with van der Waals surface area (Å²) in [6.07, 6.45) is 1.10. The predicted molar refractivity (Wildman–Crippen MR) is 72.1 cm³/mol. The fraction of sp³-hybridized carbons (Fsp3) is 0.769. The van der Waals surface area contributed by atoms with E-state index in [-0.39, 0.29) is 32.5 Å². The molecule has 0 fully saturated rings. The van der Waals surface area contributed by atoms with Crippen LogP contribution in [0.3, 0.4) is 0 Å². The van der Waals surface area contributed by atoms with Gasteiger partial charge in [-0.2, -0.15) is 0 Å². The highest BCUT2D eigenvalue weighted by Gasteiger charge is 2.19. The molecule has 0 aliphatic carbocycles. The van der Waals surface area contributed by atoms with Crippen LogP contribution >= 0.6 is 0 Å². The third-order valence-electron chi connectivity index (χ3n) is 1.83. The van der Waals surface area contributed by atoms with E-state index in [9.17, 15) is 4.79 Å². The van der Waals surface area contributed by atoms with Crippen LogP contribution in [0.15, 0.2) is 12.7 Å². The Hall–Kier alpha value is -1.11. The summed E-state index contributed by atoms with van der Waals surface area (Å²) in [5.74, 6) is 0. The summed E-state index contributed by atoms with van der Waals surface area (Å²) < 4.78 is 15.6. The largest absolute Gasteiger partial charge is 0.444 e. The number of aliphatic hydroxyl groups excluding tert-OH is 1. The van der Waals surface area contributed by atoms with Gasteiger partial charge in [0.05, 0.1) is 39.1 Å². The lowest BCUT2D eigenvalue weighted by atomic mass is 10.2. The van der Waals surface area contributed by atoms with Crippen molar-refractivity contribution in [1.29, 1.82) is 0 Å². The topological polar surface area (TPSA) is 77.0 Å². The average Bonchev–Trinajstić information content (AvgIpc) is 2.26. The van der Waals surface area contributed by atoms with Crippen LogP contribution in [-0.2, 0) is 14.2 Å². The Morgan fingerprint density at radius 1 is 1.37 bits per heavy atom. The highest BCUT2D eigenvalue weighted by atomic mass is 16.6. The summed E-state index contributed by atoms with van der Waals surface area (Å²) in [6.45, 7) is 9.99. The number of hydrogen-bond acceptors (Lipinski definition) is 5. The number of aliphatic hydroxyl groups is 1. The summed E-state index contributed by atoms with van der Waals surface area (Å²) in [5, 5.41) is 11.3. The van der Waals surface area contributed by atoms with Crippen LogP contribution in [0.25, 0.3) is 0 Å². The third kappa shape index (κ3) is 11.7. The summed E-state index contributed by atoms with van der Waals surface area (Å²) in [7, 11) is 0. The zero-order chi connectivity index (χ0) is 14.7. The van der Waals surface area contributed by atoms with Crippen LogP contribution in [0.2, 0.25) is 0 Å². The Morgan fingerprint density at radius 3 is 2.53 bits per heavy atom. The van der Waals surface area contributed by atoms with E-state index in [1.54, 1.807) is 26.8 Å². The van der Waals surface area contributed by atoms with Crippen molar-refractivity contribution in [3.8, 4) is 0 Å². The Kier molecular flexibility index (Phi) is 9.20. The fourth-order valence-corrected chi connectivity index (χ4v) is 1.19. The van der Waals surface area contributed by atoms with Gasteiger partial charge in [0.25, 0.3) is 0 Å². The van der Waals surface area contributed by atoms with Gasteiger partial charge in [-0.15, -0.1) is 6.58 Å². The first-order valence-electron chi connectivity index (χ1n) is 6.25. The predicted octanol–water partition coefficient (Wildman–Crippen LogP) is 1.09. The van der Waals surface area contributed by atoms with Gasteiger partial charge in [0, 0.05) is 0 Å². The molecule has 6 nitrogen and oxygen atoms in total. The van der Waals surface area contributed by atoms with Crippen LogP contribution in [0, 0.1) is 0 Å². The first-order valence-corrected chi connectivity index (χ1v) is 6.25. The van der Waals surface area contributed by atoms with Crippen molar-refractivity contribution >= 4 is 6.09 Å². The molecule has 0 aromatic rings. The molecule has 0 aromatic heterocycles. The third-order valence-corrected chi connectivity index (χ3v) is 1.83. The molecule has 112 valence electrons. The van der Waals surface area contributed by atoms with Crippen LogP contribution in [0.1, 0.15) is 20.8 Å². The zero-order valence-electron chi connectivity index (χ0n) is 12.0. The molecule has 0 aromatic carbocycles. The summed E-state index contributed by atoms with van der Waals surface area (Å²) in [5.41, 5.74) is -0.553. The van der Waals surface area contributed by atoms with E-state index < -0.39 is 11.7 Å². The van der Waals surface area contributed by atoms with Crippen LogP contribution in [-0.4, -0.2) is 55.9 Å². The highest BCUT2D eigenvalue weighted by molar-refractivity contribution is 5.68. The van der Waals surface area contributed by atoms with E-state index in [1.807, 2.05) is 0 Å². The van der Waals surface area contributed by atoms with Crippen molar-refractivity contribution in [2.75, 3.05) is 33.0 Å². The molecule has 19 heavy (non-hydrogen) atoms. The molecule has 0 aliphatic rings. The molecule has 0 rings (SSSR count). The summed E-state index contributed by atoms with van der Waals surface area (Å²) in [4.78, 5) is 11.6. The molecule has 1 amide bonds. The molecule has 0 bridgehead atoms. The molecule has 0 saturated carbocycles. The SMILES string of the molecule is C=CCOC[C@H](COCCO)NC(=O)OC(C)(C)C. The van der Waals surface area contributed by atoms with Gasteiger partial charge in [0.15, 0.2) is 0 Å². The van der Waals surface area contributed by atoms with Crippen molar-refractivity contribution < 1.29 is 24.1 Å². The standard InChI is InChI=1S/C13H25NO5/c1-5-7-17-9-11(10-18-8-6-15)14-12(16)19-13(2,3)4/h5,11,15H,1,6-10H2,2-4H3,(H,14,16)/t11-/m1/s1.